The van der Waals surface area contributed by atoms with Gasteiger partial charge in [0, 0.05) is 17.8 Å². The maximum Gasteiger partial charge on any atom is 0.108 e. The first-order valence-electron chi connectivity index (χ1n) is 5.49. The lowest BCUT2D eigenvalue weighted by molar-refractivity contribution is 0.380. The third-order valence-electron chi connectivity index (χ3n) is 2.62. The lowest BCUT2D eigenvalue weighted by Gasteiger charge is -2.26. The summed E-state index contributed by atoms with van der Waals surface area (Å²) in [6.07, 6.45) is 10.1. The molecule has 0 rings (SSSR count). The highest BCUT2D eigenvalue weighted by molar-refractivity contribution is 5.57. The average molecular weight is 211 g/mol. The highest BCUT2D eigenvalue weighted by Crippen LogP contribution is 2.30. The monoisotopic (exact) mass is 211 g/mol. The number of nitrogens with zero attached hydrogens (tertiary/aromatic N) is 1. The predicted octanol–water partition coefficient (Wildman–Crippen LogP) is 4.17. The maximum atomic E-state index is 12.1. The summed E-state index contributed by atoms with van der Waals surface area (Å²) in [5.41, 5.74) is -0.114. The second kappa shape index (κ2) is 7.38. The minimum Gasteiger partial charge on any atom is -0.269 e. The number of hydrogen-bond donors (Lipinski definition) is 0. The normalized spacial score (nSPS) is 17.2. The minimum absolute atomic E-state index is 0.114. The zero-order valence-electron chi connectivity index (χ0n) is 10.2. The molecular formula is C13H22FN. The van der Waals surface area contributed by atoms with Gasteiger partial charge in [-0.25, -0.2) is 4.39 Å². The van der Waals surface area contributed by atoms with Crippen molar-refractivity contribution in [3.05, 3.63) is 24.4 Å². The van der Waals surface area contributed by atoms with Gasteiger partial charge in [0.15, 0.2) is 0 Å². The number of allylic oxidation sites excluding steroid dienone is 3. The van der Waals surface area contributed by atoms with Gasteiger partial charge >= 0.3 is 0 Å². The molecule has 1 nitrogen and oxygen atoms in total. The summed E-state index contributed by atoms with van der Waals surface area (Å²) >= 11 is 0. The molecule has 0 aromatic carbocycles. The van der Waals surface area contributed by atoms with Gasteiger partial charge < -0.3 is 0 Å². The van der Waals surface area contributed by atoms with E-state index in [1.54, 1.807) is 12.3 Å². The Bertz CT molecular complexity index is 241. The molecule has 15 heavy (non-hydrogen) atoms. The molecule has 2 heteroatoms. The summed E-state index contributed by atoms with van der Waals surface area (Å²) in [6.45, 7) is 7.96. The third kappa shape index (κ3) is 5.50. The van der Waals surface area contributed by atoms with E-state index in [-0.39, 0.29) is 5.41 Å². The Morgan fingerprint density at radius 2 is 2.00 bits per heavy atom. The Balaban J connectivity index is 4.58. The maximum absolute atomic E-state index is 12.1. The quantitative estimate of drug-likeness (QED) is 0.462. The molecule has 0 radical (unpaired) electrons. The SMILES string of the molecule is CCC=N/C=C\C(C)(/C=C\CF)C(C)C. The third-order valence-corrected chi connectivity index (χ3v) is 2.62. The van der Waals surface area contributed by atoms with Crippen molar-refractivity contribution < 1.29 is 4.39 Å². The molecule has 0 aromatic rings. The van der Waals surface area contributed by atoms with Gasteiger partial charge in [-0.1, -0.05) is 45.9 Å². The van der Waals surface area contributed by atoms with Crippen LogP contribution >= 0.6 is 0 Å². The number of aliphatic imine (C=N–C) groups is 1. The Hall–Kier alpha value is -0.920. The first-order valence-corrected chi connectivity index (χ1v) is 5.49. The van der Waals surface area contributed by atoms with Crippen LogP contribution in [-0.4, -0.2) is 12.9 Å². The van der Waals surface area contributed by atoms with Crippen LogP contribution in [0.4, 0.5) is 4.39 Å². The van der Waals surface area contributed by atoms with Gasteiger partial charge in [0.1, 0.15) is 6.67 Å². The second-order valence-corrected chi connectivity index (χ2v) is 4.13. The Morgan fingerprint density at radius 1 is 1.33 bits per heavy atom. The predicted molar refractivity (Wildman–Crippen MR) is 66.0 cm³/mol. The molecule has 0 aliphatic rings. The van der Waals surface area contributed by atoms with Crippen LogP contribution in [0.5, 0.6) is 0 Å². The smallest absolute Gasteiger partial charge is 0.108 e. The van der Waals surface area contributed by atoms with E-state index < -0.39 is 6.67 Å². The summed E-state index contributed by atoms with van der Waals surface area (Å²) in [5.74, 6) is 0.424. The topological polar surface area (TPSA) is 12.4 Å². The Labute approximate surface area is 92.8 Å². The number of alkyl halides is 1. The van der Waals surface area contributed by atoms with Crippen LogP contribution in [0.25, 0.3) is 0 Å². The van der Waals surface area contributed by atoms with Gasteiger partial charge in [-0.3, -0.25) is 4.99 Å². The summed E-state index contributed by atoms with van der Waals surface area (Å²) in [6, 6.07) is 0. The zero-order chi connectivity index (χ0) is 11.7. The molecule has 0 amide bonds. The fourth-order valence-corrected chi connectivity index (χ4v) is 1.11. The van der Waals surface area contributed by atoms with Crippen LogP contribution in [-0.2, 0) is 0 Å². The summed E-state index contributed by atoms with van der Waals surface area (Å²) < 4.78 is 12.1. The van der Waals surface area contributed by atoms with Crippen molar-refractivity contribution >= 4 is 6.21 Å². The van der Waals surface area contributed by atoms with E-state index in [4.69, 9.17) is 0 Å². The van der Waals surface area contributed by atoms with Gasteiger partial charge in [-0.2, -0.15) is 0 Å². The van der Waals surface area contributed by atoms with Crippen molar-refractivity contribution in [2.75, 3.05) is 6.67 Å². The molecule has 0 bridgehead atoms. The van der Waals surface area contributed by atoms with Crippen molar-refractivity contribution in [2.24, 2.45) is 16.3 Å². The molecule has 0 heterocycles. The molecule has 0 aromatic heterocycles. The highest BCUT2D eigenvalue weighted by atomic mass is 19.1. The first-order chi connectivity index (χ1) is 7.06. The van der Waals surface area contributed by atoms with Crippen molar-refractivity contribution in [2.45, 2.75) is 34.1 Å². The average Bonchev–Trinajstić information content (AvgIpc) is 2.21. The van der Waals surface area contributed by atoms with Crippen LogP contribution in [0.3, 0.4) is 0 Å². The summed E-state index contributed by atoms with van der Waals surface area (Å²) in [7, 11) is 0. The number of hydrogen-bond acceptors (Lipinski definition) is 1. The Morgan fingerprint density at radius 3 is 2.47 bits per heavy atom. The van der Waals surface area contributed by atoms with Crippen molar-refractivity contribution in [1.82, 2.24) is 0 Å². The molecule has 0 spiro atoms. The highest BCUT2D eigenvalue weighted by Gasteiger charge is 2.21. The van der Waals surface area contributed by atoms with Crippen molar-refractivity contribution in [3.8, 4) is 0 Å². The van der Waals surface area contributed by atoms with E-state index in [9.17, 15) is 4.39 Å². The summed E-state index contributed by atoms with van der Waals surface area (Å²) in [4.78, 5) is 4.13. The fourth-order valence-electron chi connectivity index (χ4n) is 1.11. The van der Waals surface area contributed by atoms with E-state index >= 15 is 0 Å². The van der Waals surface area contributed by atoms with Crippen LogP contribution in [0, 0.1) is 11.3 Å². The molecule has 1 atom stereocenters. The minimum atomic E-state index is -0.408. The van der Waals surface area contributed by atoms with E-state index in [1.165, 1.54) is 0 Å². The molecule has 0 aliphatic heterocycles. The Kier molecular flexibility index (Phi) is 6.93. The van der Waals surface area contributed by atoms with Gasteiger partial charge in [0.05, 0.1) is 0 Å². The number of rotatable bonds is 6. The van der Waals surface area contributed by atoms with Gasteiger partial charge in [-0.15, -0.1) is 0 Å². The van der Waals surface area contributed by atoms with Crippen LogP contribution in [0.15, 0.2) is 29.4 Å². The van der Waals surface area contributed by atoms with Crippen LogP contribution in [0.2, 0.25) is 0 Å². The van der Waals surface area contributed by atoms with E-state index in [0.717, 1.165) is 6.42 Å². The first kappa shape index (κ1) is 14.1. The van der Waals surface area contributed by atoms with Crippen LogP contribution < -0.4 is 0 Å². The van der Waals surface area contributed by atoms with Crippen molar-refractivity contribution in [1.29, 1.82) is 0 Å². The zero-order valence-corrected chi connectivity index (χ0v) is 10.2. The molecule has 0 fully saturated rings. The lowest BCUT2D eigenvalue weighted by Crippen LogP contribution is -2.17. The standard InChI is InChI=1S/C13H22FN/c1-5-10-15-11-8-13(4,12(2)3)7-6-9-14/h6-8,10-12H,5,9H2,1-4H3/b7-6-,11-8-,15-10?. The van der Waals surface area contributed by atoms with Gasteiger partial charge in [0.2, 0.25) is 0 Å². The summed E-state index contributed by atoms with van der Waals surface area (Å²) in [5, 5.41) is 0. The number of halogens is 1. The largest absolute Gasteiger partial charge is 0.269 e. The van der Waals surface area contributed by atoms with E-state index in [1.807, 2.05) is 25.3 Å². The molecule has 0 saturated carbocycles. The molecule has 86 valence electrons. The second-order valence-electron chi connectivity index (χ2n) is 4.13. The lowest BCUT2D eigenvalue weighted by atomic mass is 9.79. The van der Waals surface area contributed by atoms with E-state index in [0.29, 0.717) is 5.92 Å². The van der Waals surface area contributed by atoms with Crippen LogP contribution in [0.1, 0.15) is 34.1 Å². The molecule has 0 saturated heterocycles. The van der Waals surface area contributed by atoms with E-state index in [2.05, 4.69) is 25.8 Å². The molecule has 1 unspecified atom stereocenters. The molecule has 0 N–H and O–H groups in total. The molecule has 0 aliphatic carbocycles. The molecular weight excluding hydrogens is 189 g/mol. The fraction of sp³-hybridized carbons (Fsp3) is 0.615. The van der Waals surface area contributed by atoms with Crippen molar-refractivity contribution in [3.63, 3.8) is 0 Å². The van der Waals surface area contributed by atoms with Gasteiger partial charge in [-0.05, 0) is 12.3 Å². The van der Waals surface area contributed by atoms with Gasteiger partial charge in [0.25, 0.3) is 0 Å².